The fraction of sp³-hybridized carbons (Fsp3) is 0. The van der Waals surface area contributed by atoms with Crippen LogP contribution in [0.4, 0.5) is 0 Å². The van der Waals surface area contributed by atoms with Gasteiger partial charge in [0.25, 0.3) is 0 Å². The highest BCUT2D eigenvalue weighted by Crippen LogP contribution is 2.30. The zero-order chi connectivity index (χ0) is 17.5. The van der Waals surface area contributed by atoms with E-state index in [1.807, 2.05) is 65.7 Å². The average Bonchev–Trinajstić information content (AvgIpc) is 3.11. The highest BCUT2D eigenvalue weighted by atomic mass is 79.9. The third kappa shape index (κ3) is 2.48. The Labute approximate surface area is 158 Å². The monoisotopic (exact) mass is 400 g/mol. The van der Waals surface area contributed by atoms with Gasteiger partial charge in [-0.15, -0.1) is 0 Å². The molecule has 0 saturated heterocycles. The molecule has 0 saturated carbocycles. The molecule has 0 aliphatic carbocycles. The van der Waals surface area contributed by atoms with E-state index in [2.05, 4.69) is 44.2 Å². The van der Waals surface area contributed by atoms with Crippen LogP contribution in [-0.2, 0) is 0 Å². The van der Waals surface area contributed by atoms with Crippen LogP contribution in [-0.4, -0.2) is 19.6 Å². The summed E-state index contributed by atoms with van der Waals surface area (Å²) >= 11 is 3.47. The maximum Gasteiger partial charge on any atom is 0.162 e. The van der Waals surface area contributed by atoms with Crippen molar-refractivity contribution < 1.29 is 0 Å². The minimum atomic E-state index is 0.835. The van der Waals surface area contributed by atoms with Gasteiger partial charge in [0.1, 0.15) is 0 Å². The summed E-state index contributed by atoms with van der Waals surface area (Å²) in [6.45, 7) is 0. The predicted octanol–water partition coefficient (Wildman–Crippen LogP) is 5.37. The summed E-state index contributed by atoms with van der Waals surface area (Å²) in [4.78, 5) is 9.13. The van der Waals surface area contributed by atoms with Gasteiger partial charge in [-0.05, 0) is 35.4 Å². The van der Waals surface area contributed by atoms with Crippen LogP contribution in [0.15, 0.2) is 83.9 Å². The van der Waals surface area contributed by atoms with Gasteiger partial charge in [0.05, 0.1) is 11.7 Å². The van der Waals surface area contributed by atoms with Crippen molar-refractivity contribution >= 4 is 32.5 Å². The maximum atomic E-state index is 4.69. The Balaban J connectivity index is 1.67. The summed E-state index contributed by atoms with van der Waals surface area (Å²) in [6, 6.07) is 18.3. The molecule has 5 heteroatoms. The van der Waals surface area contributed by atoms with Gasteiger partial charge in [-0.3, -0.25) is 4.98 Å². The largest absolute Gasteiger partial charge is 0.256 e. The molecule has 0 bridgehead atoms. The lowest BCUT2D eigenvalue weighted by molar-refractivity contribution is 0.941. The van der Waals surface area contributed by atoms with Crippen molar-refractivity contribution in [2.75, 3.05) is 0 Å². The quantitative estimate of drug-likeness (QED) is 0.399. The fourth-order valence-electron chi connectivity index (χ4n) is 3.19. The number of hydrogen-bond donors (Lipinski definition) is 0. The number of halogens is 1. The summed E-state index contributed by atoms with van der Waals surface area (Å²) in [5.74, 6) is 0. The number of rotatable bonds is 2. The van der Waals surface area contributed by atoms with Crippen LogP contribution >= 0.6 is 15.9 Å². The number of aromatic nitrogens is 4. The van der Waals surface area contributed by atoms with Crippen molar-refractivity contribution in [2.24, 2.45) is 0 Å². The third-order valence-corrected chi connectivity index (χ3v) is 5.00. The van der Waals surface area contributed by atoms with E-state index in [1.54, 1.807) is 0 Å². The standard InChI is InChI=1S/C21H13BrN4/c22-16-7-5-14(6-8-16)15-11-24-21-19(12-25-26(21)13-15)17-9-10-23-20-4-2-1-3-18(17)20/h1-13H. The molecule has 4 nitrogen and oxygen atoms in total. The number of benzene rings is 2. The van der Waals surface area contributed by atoms with Crippen molar-refractivity contribution in [3.05, 3.63) is 83.9 Å². The van der Waals surface area contributed by atoms with Gasteiger partial charge in [0.15, 0.2) is 5.65 Å². The first-order valence-corrected chi connectivity index (χ1v) is 9.02. The number of nitrogens with zero attached hydrogens (tertiary/aromatic N) is 4. The molecule has 0 fully saturated rings. The molecule has 26 heavy (non-hydrogen) atoms. The molecule has 0 radical (unpaired) electrons. The van der Waals surface area contributed by atoms with Gasteiger partial charge in [-0.2, -0.15) is 5.10 Å². The molecule has 3 aromatic heterocycles. The molecule has 0 N–H and O–H groups in total. The molecule has 0 amide bonds. The Hall–Kier alpha value is -3.05. The van der Waals surface area contributed by atoms with E-state index in [-0.39, 0.29) is 0 Å². The molecule has 5 rings (SSSR count). The summed E-state index contributed by atoms with van der Waals surface area (Å²) in [7, 11) is 0. The van der Waals surface area contributed by atoms with Gasteiger partial charge in [0.2, 0.25) is 0 Å². The number of pyridine rings is 1. The van der Waals surface area contributed by atoms with E-state index in [0.717, 1.165) is 43.3 Å². The minimum Gasteiger partial charge on any atom is -0.256 e. The second-order valence-electron chi connectivity index (χ2n) is 6.05. The van der Waals surface area contributed by atoms with Crippen molar-refractivity contribution in [3.63, 3.8) is 0 Å². The molecule has 0 spiro atoms. The lowest BCUT2D eigenvalue weighted by Crippen LogP contribution is -1.92. The van der Waals surface area contributed by atoms with E-state index in [9.17, 15) is 0 Å². The van der Waals surface area contributed by atoms with Crippen molar-refractivity contribution in [3.8, 4) is 22.3 Å². The smallest absolute Gasteiger partial charge is 0.162 e. The molecule has 0 aliphatic heterocycles. The van der Waals surface area contributed by atoms with E-state index in [0.29, 0.717) is 0 Å². The molecular weight excluding hydrogens is 388 g/mol. The van der Waals surface area contributed by atoms with Gasteiger partial charge in [-0.1, -0.05) is 46.3 Å². The van der Waals surface area contributed by atoms with Crippen LogP contribution in [0.1, 0.15) is 0 Å². The molecule has 0 atom stereocenters. The summed E-state index contributed by atoms with van der Waals surface area (Å²) < 4.78 is 2.89. The van der Waals surface area contributed by atoms with Crippen molar-refractivity contribution in [2.45, 2.75) is 0 Å². The second-order valence-corrected chi connectivity index (χ2v) is 6.97. The van der Waals surface area contributed by atoms with Crippen LogP contribution in [0.2, 0.25) is 0 Å². The van der Waals surface area contributed by atoms with Gasteiger partial charge in [0, 0.05) is 39.6 Å². The summed E-state index contributed by atoms with van der Waals surface area (Å²) in [5, 5.41) is 5.63. The highest BCUT2D eigenvalue weighted by molar-refractivity contribution is 9.10. The first-order valence-electron chi connectivity index (χ1n) is 8.23. The maximum absolute atomic E-state index is 4.69. The Bertz CT molecular complexity index is 1240. The normalized spacial score (nSPS) is 11.3. The number of fused-ring (bicyclic) bond motifs is 2. The fourth-order valence-corrected chi connectivity index (χ4v) is 3.45. The van der Waals surface area contributed by atoms with Gasteiger partial charge in [-0.25, -0.2) is 9.50 Å². The summed E-state index contributed by atoms with van der Waals surface area (Å²) in [5.41, 5.74) is 6.03. The Kier molecular flexibility index (Phi) is 3.53. The molecule has 0 aliphatic rings. The number of hydrogen-bond acceptors (Lipinski definition) is 3. The molecular formula is C21H13BrN4. The van der Waals surface area contributed by atoms with Crippen molar-refractivity contribution in [1.82, 2.24) is 19.6 Å². The van der Waals surface area contributed by atoms with Crippen LogP contribution < -0.4 is 0 Å². The molecule has 124 valence electrons. The van der Waals surface area contributed by atoms with Crippen LogP contribution in [0.3, 0.4) is 0 Å². The van der Waals surface area contributed by atoms with Crippen molar-refractivity contribution in [1.29, 1.82) is 0 Å². The minimum absolute atomic E-state index is 0.835. The zero-order valence-electron chi connectivity index (χ0n) is 13.7. The van der Waals surface area contributed by atoms with Crippen LogP contribution in [0.5, 0.6) is 0 Å². The zero-order valence-corrected chi connectivity index (χ0v) is 15.3. The topological polar surface area (TPSA) is 43.1 Å². The third-order valence-electron chi connectivity index (χ3n) is 4.47. The average molecular weight is 401 g/mol. The Morgan fingerprint density at radius 2 is 1.62 bits per heavy atom. The molecule has 0 unspecified atom stereocenters. The van der Waals surface area contributed by atoms with E-state index < -0.39 is 0 Å². The van der Waals surface area contributed by atoms with Crippen LogP contribution in [0, 0.1) is 0 Å². The predicted molar refractivity (Wildman–Crippen MR) is 107 cm³/mol. The SMILES string of the molecule is Brc1ccc(-c2cnc3c(-c4ccnc5ccccc45)cnn3c2)cc1. The molecule has 3 heterocycles. The van der Waals surface area contributed by atoms with Gasteiger partial charge < -0.3 is 0 Å². The Morgan fingerprint density at radius 3 is 2.50 bits per heavy atom. The lowest BCUT2D eigenvalue weighted by Gasteiger charge is -2.05. The first-order chi connectivity index (χ1) is 12.8. The second kappa shape index (κ2) is 6.04. The van der Waals surface area contributed by atoms with Gasteiger partial charge >= 0.3 is 0 Å². The number of para-hydroxylation sites is 1. The lowest BCUT2D eigenvalue weighted by atomic mass is 10.0. The molecule has 2 aromatic carbocycles. The molecule has 5 aromatic rings. The summed E-state index contributed by atoms with van der Waals surface area (Å²) in [6.07, 6.45) is 7.61. The van der Waals surface area contributed by atoms with E-state index in [4.69, 9.17) is 4.98 Å². The van der Waals surface area contributed by atoms with Crippen LogP contribution in [0.25, 0.3) is 38.8 Å². The Morgan fingerprint density at radius 1 is 0.769 bits per heavy atom. The highest BCUT2D eigenvalue weighted by Gasteiger charge is 2.12. The van der Waals surface area contributed by atoms with E-state index >= 15 is 0 Å². The van der Waals surface area contributed by atoms with E-state index in [1.165, 1.54) is 0 Å². The first kappa shape index (κ1) is 15.2.